The molecule has 1 aromatic carbocycles. The summed E-state index contributed by atoms with van der Waals surface area (Å²) in [5.74, 6) is 5.93. The van der Waals surface area contributed by atoms with Crippen molar-refractivity contribution in [2.24, 2.45) is 0 Å². The minimum absolute atomic E-state index is 0.0974. The van der Waals surface area contributed by atoms with Gasteiger partial charge in [-0.25, -0.2) is 4.79 Å². The minimum Gasteiger partial charge on any atom is -0.497 e. The highest BCUT2D eigenvalue weighted by atomic mass is 16.5. The van der Waals surface area contributed by atoms with Crippen molar-refractivity contribution in [2.75, 3.05) is 18.3 Å². The number of benzene rings is 1. The van der Waals surface area contributed by atoms with Crippen LogP contribution < -0.4 is 21.6 Å². The maximum atomic E-state index is 11.1. The third-order valence-electron chi connectivity index (χ3n) is 2.26. The number of H-pyrrole nitrogens is 1. The molecular weight excluding hydrogens is 224 g/mol. The second kappa shape index (κ2) is 4.12. The molecule has 0 fully saturated rings. The molecule has 90 valence electrons. The number of nitrogens with one attached hydrogen (secondary N) is 2. The molecule has 0 spiro atoms. The van der Waals surface area contributed by atoms with E-state index in [1.807, 2.05) is 0 Å². The third kappa shape index (κ3) is 2.03. The Morgan fingerprint density at radius 2 is 2.06 bits per heavy atom. The van der Waals surface area contributed by atoms with Gasteiger partial charge in [0, 0.05) is 5.69 Å². The molecule has 7 nitrogen and oxygen atoms in total. The number of aromatic hydroxyl groups is 1. The monoisotopic (exact) mass is 236 g/mol. The Labute approximate surface area is 96.4 Å². The predicted octanol–water partition coefficient (Wildman–Crippen LogP) is 0.348. The third-order valence-corrected chi connectivity index (χ3v) is 2.26. The number of nitrogens with zero attached hydrogens (tertiary/aromatic N) is 1. The van der Waals surface area contributed by atoms with Crippen LogP contribution in [-0.2, 0) is 0 Å². The summed E-state index contributed by atoms with van der Waals surface area (Å²) in [5, 5.41) is 12.2. The smallest absolute Gasteiger partial charge is 0.348 e. The topological polar surface area (TPSA) is 105 Å². The van der Waals surface area contributed by atoms with E-state index < -0.39 is 5.69 Å². The molecule has 2 aromatic rings. The standard InChI is InChI=1S/C10H12N4O3/c1-17-7-4-2-6(3-5-7)12-8-9(15)13-10(16)14(8)11/h2-5,12,15H,11H2,1H3,(H,13,16). The Hall–Kier alpha value is -2.57. The zero-order chi connectivity index (χ0) is 12.4. The molecule has 7 heteroatoms. The fraction of sp³-hybridized carbons (Fsp3) is 0.100. The largest absolute Gasteiger partial charge is 0.497 e. The van der Waals surface area contributed by atoms with Crippen LogP contribution in [0.4, 0.5) is 11.5 Å². The molecule has 17 heavy (non-hydrogen) atoms. The molecule has 5 N–H and O–H groups in total. The predicted molar refractivity (Wildman–Crippen MR) is 63.1 cm³/mol. The van der Waals surface area contributed by atoms with E-state index in [1.165, 1.54) is 0 Å². The van der Waals surface area contributed by atoms with Gasteiger partial charge in [0.15, 0.2) is 5.82 Å². The molecule has 1 aromatic heterocycles. The summed E-state index contributed by atoms with van der Waals surface area (Å²) in [6, 6.07) is 6.95. The minimum atomic E-state index is -0.599. The molecule has 0 aliphatic carbocycles. The van der Waals surface area contributed by atoms with E-state index in [4.69, 9.17) is 10.6 Å². The average molecular weight is 236 g/mol. The first kappa shape index (κ1) is 10.9. The van der Waals surface area contributed by atoms with Crippen molar-refractivity contribution in [1.29, 1.82) is 0 Å². The summed E-state index contributed by atoms with van der Waals surface area (Å²) in [6.45, 7) is 0. The molecule has 0 bridgehead atoms. The highest BCUT2D eigenvalue weighted by Gasteiger charge is 2.10. The van der Waals surface area contributed by atoms with Crippen molar-refractivity contribution in [2.45, 2.75) is 0 Å². The SMILES string of the molecule is COc1ccc(Nc2c(O)[nH]c(=O)n2N)cc1. The maximum absolute atomic E-state index is 11.1. The number of hydrogen-bond donors (Lipinski definition) is 4. The number of nitrogens with two attached hydrogens (primary N) is 1. The van der Waals surface area contributed by atoms with Gasteiger partial charge in [-0.2, -0.15) is 4.68 Å². The van der Waals surface area contributed by atoms with Crippen LogP contribution in [0.5, 0.6) is 11.6 Å². The number of methoxy groups -OCH3 is 1. The van der Waals surface area contributed by atoms with Crippen molar-refractivity contribution in [3.05, 3.63) is 34.7 Å². The van der Waals surface area contributed by atoms with Crippen LogP contribution in [0.3, 0.4) is 0 Å². The molecule has 0 unspecified atom stereocenters. The van der Waals surface area contributed by atoms with Gasteiger partial charge in [0.2, 0.25) is 5.88 Å². The Balaban J connectivity index is 2.28. The normalized spacial score (nSPS) is 10.2. The van der Waals surface area contributed by atoms with E-state index >= 15 is 0 Å². The highest BCUT2D eigenvalue weighted by molar-refractivity contribution is 5.61. The van der Waals surface area contributed by atoms with Crippen molar-refractivity contribution >= 4 is 11.5 Å². The number of ether oxygens (including phenoxy) is 1. The number of anilines is 2. The lowest BCUT2D eigenvalue weighted by Crippen LogP contribution is -2.25. The second-order valence-corrected chi connectivity index (χ2v) is 3.35. The quantitative estimate of drug-likeness (QED) is 0.575. The van der Waals surface area contributed by atoms with E-state index in [0.717, 1.165) is 4.68 Å². The lowest BCUT2D eigenvalue weighted by molar-refractivity contribution is 0.415. The lowest BCUT2D eigenvalue weighted by atomic mass is 10.3. The number of aromatic nitrogens is 2. The van der Waals surface area contributed by atoms with Crippen LogP contribution in [0.15, 0.2) is 29.1 Å². The van der Waals surface area contributed by atoms with Crippen LogP contribution in [0.2, 0.25) is 0 Å². The van der Waals surface area contributed by atoms with Crippen LogP contribution in [0.1, 0.15) is 0 Å². The van der Waals surface area contributed by atoms with Gasteiger partial charge in [-0.15, -0.1) is 0 Å². The molecule has 0 atom stereocenters. The summed E-state index contributed by atoms with van der Waals surface area (Å²) >= 11 is 0. The van der Waals surface area contributed by atoms with Gasteiger partial charge < -0.3 is 21.0 Å². The molecule has 0 radical (unpaired) electrons. The summed E-state index contributed by atoms with van der Waals surface area (Å²) in [4.78, 5) is 13.3. The van der Waals surface area contributed by atoms with Crippen molar-refractivity contribution < 1.29 is 9.84 Å². The van der Waals surface area contributed by atoms with Gasteiger partial charge in [0.25, 0.3) is 0 Å². The van der Waals surface area contributed by atoms with E-state index in [0.29, 0.717) is 11.4 Å². The summed E-state index contributed by atoms with van der Waals surface area (Å²) in [6.07, 6.45) is 0. The zero-order valence-corrected chi connectivity index (χ0v) is 9.10. The zero-order valence-electron chi connectivity index (χ0n) is 9.10. The Bertz CT molecular complexity index is 570. The lowest BCUT2D eigenvalue weighted by Gasteiger charge is -2.07. The summed E-state index contributed by atoms with van der Waals surface area (Å²) in [7, 11) is 1.57. The van der Waals surface area contributed by atoms with Crippen molar-refractivity contribution in [3.8, 4) is 11.6 Å². The molecular formula is C10H12N4O3. The van der Waals surface area contributed by atoms with Crippen LogP contribution in [-0.4, -0.2) is 21.9 Å². The van der Waals surface area contributed by atoms with Gasteiger partial charge in [-0.3, -0.25) is 4.98 Å². The van der Waals surface area contributed by atoms with E-state index in [-0.39, 0.29) is 11.7 Å². The Morgan fingerprint density at radius 1 is 1.41 bits per heavy atom. The van der Waals surface area contributed by atoms with Gasteiger partial charge in [-0.05, 0) is 24.3 Å². The molecule has 0 aliphatic heterocycles. The Kier molecular flexibility index (Phi) is 2.65. The molecule has 0 saturated heterocycles. The first-order chi connectivity index (χ1) is 8.11. The number of aromatic amines is 1. The number of rotatable bonds is 3. The van der Waals surface area contributed by atoms with E-state index in [9.17, 15) is 9.90 Å². The van der Waals surface area contributed by atoms with E-state index in [1.54, 1.807) is 31.4 Å². The van der Waals surface area contributed by atoms with Crippen LogP contribution in [0.25, 0.3) is 0 Å². The van der Waals surface area contributed by atoms with Gasteiger partial charge >= 0.3 is 5.69 Å². The molecule has 0 aliphatic rings. The van der Waals surface area contributed by atoms with Crippen LogP contribution >= 0.6 is 0 Å². The van der Waals surface area contributed by atoms with Gasteiger partial charge in [0.05, 0.1) is 7.11 Å². The molecule has 0 amide bonds. The fourth-order valence-corrected chi connectivity index (χ4v) is 1.37. The van der Waals surface area contributed by atoms with Gasteiger partial charge in [0.1, 0.15) is 5.75 Å². The highest BCUT2D eigenvalue weighted by Crippen LogP contribution is 2.23. The molecule has 2 rings (SSSR count). The fourth-order valence-electron chi connectivity index (χ4n) is 1.37. The first-order valence-corrected chi connectivity index (χ1v) is 4.82. The average Bonchev–Trinajstić information content (AvgIpc) is 2.57. The molecule has 1 heterocycles. The second-order valence-electron chi connectivity index (χ2n) is 3.35. The van der Waals surface area contributed by atoms with E-state index in [2.05, 4.69) is 10.3 Å². The van der Waals surface area contributed by atoms with Crippen LogP contribution in [0, 0.1) is 0 Å². The number of nitrogen functional groups attached to an aromatic ring is 1. The summed E-state index contributed by atoms with van der Waals surface area (Å²) in [5.41, 5.74) is 0.0674. The van der Waals surface area contributed by atoms with Gasteiger partial charge in [-0.1, -0.05) is 0 Å². The van der Waals surface area contributed by atoms with Crippen molar-refractivity contribution in [1.82, 2.24) is 9.66 Å². The number of hydrogen-bond acceptors (Lipinski definition) is 5. The Morgan fingerprint density at radius 3 is 2.53 bits per heavy atom. The first-order valence-electron chi connectivity index (χ1n) is 4.82. The van der Waals surface area contributed by atoms with Crippen molar-refractivity contribution in [3.63, 3.8) is 0 Å². The number of imidazole rings is 1. The molecule has 0 saturated carbocycles. The summed E-state index contributed by atoms with van der Waals surface area (Å²) < 4.78 is 5.80. The maximum Gasteiger partial charge on any atom is 0.348 e.